The van der Waals surface area contributed by atoms with Crippen LogP contribution in [0.5, 0.6) is 0 Å². The van der Waals surface area contributed by atoms with Crippen LogP contribution < -0.4 is 0 Å². The van der Waals surface area contributed by atoms with Crippen LogP contribution in [0.2, 0.25) is 0 Å². The van der Waals surface area contributed by atoms with Gasteiger partial charge in [0, 0.05) is 5.69 Å². The van der Waals surface area contributed by atoms with Crippen LogP contribution in [0, 0.1) is 13.8 Å². The van der Waals surface area contributed by atoms with E-state index in [1.807, 2.05) is 26.0 Å². The second-order valence-corrected chi connectivity index (χ2v) is 4.82. The van der Waals surface area contributed by atoms with Crippen molar-refractivity contribution in [3.63, 3.8) is 0 Å². The van der Waals surface area contributed by atoms with Crippen molar-refractivity contribution in [3.05, 3.63) is 41.5 Å². The molecule has 3 rings (SSSR count). The lowest BCUT2D eigenvalue weighted by Crippen LogP contribution is -2.05. The number of aryl methyl sites for hydroxylation is 2. The van der Waals surface area contributed by atoms with Crippen LogP contribution in [-0.4, -0.2) is 32.7 Å². The molecule has 0 spiro atoms. The average Bonchev–Trinajstić information content (AvgIpc) is 3.05. The second kappa shape index (κ2) is 5.49. The van der Waals surface area contributed by atoms with Crippen LogP contribution in [0.4, 0.5) is 5.82 Å². The molecule has 3 heterocycles. The van der Waals surface area contributed by atoms with Crippen LogP contribution in [-0.2, 0) is 6.54 Å². The summed E-state index contributed by atoms with van der Waals surface area (Å²) < 4.78 is 6.92. The van der Waals surface area contributed by atoms with Gasteiger partial charge in [-0.2, -0.15) is 5.10 Å². The average molecular weight is 284 g/mol. The third kappa shape index (κ3) is 2.57. The van der Waals surface area contributed by atoms with Crippen molar-refractivity contribution in [1.29, 1.82) is 0 Å². The number of nitrogens with zero attached hydrogens (tertiary/aromatic N) is 4. The first kappa shape index (κ1) is 13.5. The first-order chi connectivity index (χ1) is 10.2. The summed E-state index contributed by atoms with van der Waals surface area (Å²) in [6, 6.07) is 5.63. The summed E-state index contributed by atoms with van der Waals surface area (Å²) in [6.07, 6.45) is 3.23. The molecule has 0 amide bonds. The van der Waals surface area contributed by atoms with Gasteiger partial charge in [0.15, 0.2) is 11.5 Å². The van der Waals surface area contributed by atoms with E-state index in [0.717, 1.165) is 22.3 Å². The molecule has 0 aliphatic rings. The first-order valence-electron chi connectivity index (χ1n) is 6.72. The molecule has 0 fully saturated rings. The molecule has 1 N–H and O–H groups in total. The molecule has 6 nitrogen and oxygen atoms in total. The SMILES string of the molecule is Cc1cc(C)c2c(N=Cc3ccco3)nn(CCO)c2n1. The molecule has 0 bridgehead atoms. The van der Waals surface area contributed by atoms with Crippen LogP contribution in [0.3, 0.4) is 0 Å². The van der Waals surface area contributed by atoms with E-state index in [-0.39, 0.29) is 6.61 Å². The Balaban J connectivity index is 2.13. The van der Waals surface area contributed by atoms with Gasteiger partial charge in [0.2, 0.25) is 0 Å². The molecule has 108 valence electrons. The summed E-state index contributed by atoms with van der Waals surface area (Å²) in [7, 11) is 0. The maximum Gasteiger partial charge on any atom is 0.183 e. The zero-order valence-corrected chi connectivity index (χ0v) is 11.9. The minimum atomic E-state index is 0.00673. The molecule has 3 aromatic rings. The number of pyridine rings is 1. The first-order valence-corrected chi connectivity index (χ1v) is 6.72. The molecular formula is C15H16N4O2. The van der Waals surface area contributed by atoms with Crippen LogP contribution in [0.15, 0.2) is 33.9 Å². The van der Waals surface area contributed by atoms with E-state index < -0.39 is 0 Å². The molecule has 0 saturated heterocycles. The third-order valence-corrected chi connectivity index (χ3v) is 3.18. The molecule has 3 aromatic heterocycles. The standard InChI is InChI=1S/C15H16N4O2/c1-10-8-11(2)17-15-13(10)14(18-19(15)5-6-20)16-9-12-4-3-7-21-12/h3-4,7-9,20H,5-6H2,1-2H3. The fourth-order valence-electron chi connectivity index (χ4n) is 2.32. The lowest BCUT2D eigenvalue weighted by molar-refractivity contribution is 0.271. The molecule has 0 aromatic carbocycles. The topological polar surface area (TPSA) is 76.4 Å². The van der Waals surface area contributed by atoms with Crippen LogP contribution in [0.1, 0.15) is 17.0 Å². The second-order valence-electron chi connectivity index (χ2n) is 4.82. The third-order valence-electron chi connectivity index (χ3n) is 3.18. The van der Waals surface area contributed by atoms with Gasteiger partial charge in [0.1, 0.15) is 5.76 Å². The number of furan rings is 1. The zero-order chi connectivity index (χ0) is 14.8. The fourth-order valence-corrected chi connectivity index (χ4v) is 2.32. The van der Waals surface area contributed by atoms with E-state index in [2.05, 4.69) is 15.1 Å². The summed E-state index contributed by atoms with van der Waals surface area (Å²) in [6.45, 7) is 4.35. The van der Waals surface area contributed by atoms with Gasteiger partial charge in [-0.3, -0.25) is 0 Å². The van der Waals surface area contributed by atoms with Crippen molar-refractivity contribution >= 4 is 23.1 Å². The number of aliphatic hydroxyl groups is 1. The van der Waals surface area contributed by atoms with E-state index in [9.17, 15) is 0 Å². The Kier molecular flexibility index (Phi) is 3.53. The number of hydrogen-bond donors (Lipinski definition) is 1. The lowest BCUT2D eigenvalue weighted by Gasteiger charge is -2.01. The smallest absolute Gasteiger partial charge is 0.183 e. The number of aliphatic hydroxyl groups excluding tert-OH is 1. The molecule has 0 radical (unpaired) electrons. The van der Waals surface area contributed by atoms with Gasteiger partial charge in [-0.15, -0.1) is 0 Å². The van der Waals surface area contributed by atoms with Gasteiger partial charge in [-0.1, -0.05) is 0 Å². The van der Waals surface area contributed by atoms with Gasteiger partial charge in [0.25, 0.3) is 0 Å². The summed E-state index contributed by atoms with van der Waals surface area (Å²) >= 11 is 0. The van der Waals surface area contributed by atoms with E-state index in [1.165, 1.54) is 0 Å². The summed E-state index contributed by atoms with van der Waals surface area (Å²) in [5.74, 6) is 1.25. The Morgan fingerprint density at radius 1 is 1.43 bits per heavy atom. The van der Waals surface area contributed by atoms with Gasteiger partial charge < -0.3 is 9.52 Å². The minimum Gasteiger partial charge on any atom is -0.463 e. The molecule has 0 atom stereocenters. The van der Waals surface area contributed by atoms with Crippen molar-refractivity contribution in [3.8, 4) is 0 Å². The molecule has 21 heavy (non-hydrogen) atoms. The van der Waals surface area contributed by atoms with Crippen molar-refractivity contribution in [2.75, 3.05) is 6.61 Å². The van der Waals surface area contributed by atoms with Gasteiger partial charge in [-0.05, 0) is 37.6 Å². The molecule has 0 aliphatic carbocycles. The quantitative estimate of drug-likeness (QED) is 0.746. The van der Waals surface area contributed by atoms with Gasteiger partial charge in [0.05, 0.1) is 31.0 Å². The van der Waals surface area contributed by atoms with E-state index in [1.54, 1.807) is 23.2 Å². The van der Waals surface area contributed by atoms with Crippen molar-refractivity contribution in [2.24, 2.45) is 4.99 Å². The lowest BCUT2D eigenvalue weighted by atomic mass is 10.2. The molecule has 6 heteroatoms. The van der Waals surface area contributed by atoms with Gasteiger partial charge in [-0.25, -0.2) is 14.7 Å². The molecule has 0 saturated carbocycles. The van der Waals surface area contributed by atoms with Gasteiger partial charge >= 0.3 is 0 Å². The predicted octanol–water partition coefficient (Wildman–Crippen LogP) is 2.38. The Hall–Kier alpha value is -2.47. The highest BCUT2D eigenvalue weighted by Crippen LogP contribution is 2.27. The largest absolute Gasteiger partial charge is 0.463 e. The highest BCUT2D eigenvalue weighted by atomic mass is 16.3. The van der Waals surface area contributed by atoms with E-state index in [4.69, 9.17) is 9.52 Å². The van der Waals surface area contributed by atoms with E-state index in [0.29, 0.717) is 18.1 Å². The minimum absolute atomic E-state index is 0.00673. The Labute approximate surface area is 121 Å². The van der Waals surface area contributed by atoms with Crippen molar-refractivity contribution in [1.82, 2.24) is 14.8 Å². The van der Waals surface area contributed by atoms with E-state index >= 15 is 0 Å². The maximum atomic E-state index is 9.17. The number of fused-ring (bicyclic) bond motifs is 1. The fraction of sp³-hybridized carbons (Fsp3) is 0.267. The number of hydrogen-bond acceptors (Lipinski definition) is 5. The predicted molar refractivity (Wildman–Crippen MR) is 80.0 cm³/mol. The zero-order valence-electron chi connectivity index (χ0n) is 11.9. The monoisotopic (exact) mass is 284 g/mol. The normalized spacial score (nSPS) is 11.8. The number of aliphatic imine (C=N–C) groups is 1. The molecule has 0 aliphatic heterocycles. The highest BCUT2D eigenvalue weighted by molar-refractivity contribution is 5.92. The number of aromatic nitrogens is 3. The van der Waals surface area contributed by atoms with Crippen LogP contribution in [0.25, 0.3) is 11.0 Å². The maximum absolute atomic E-state index is 9.17. The van der Waals surface area contributed by atoms with Crippen LogP contribution >= 0.6 is 0 Å². The Morgan fingerprint density at radius 3 is 3.00 bits per heavy atom. The molecular weight excluding hydrogens is 268 g/mol. The summed E-state index contributed by atoms with van der Waals surface area (Å²) in [4.78, 5) is 8.91. The highest BCUT2D eigenvalue weighted by Gasteiger charge is 2.14. The number of rotatable bonds is 4. The summed E-state index contributed by atoms with van der Waals surface area (Å²) in [5.41, 5.74) is 2.72. The molecule has 0 unspecified atom stereocenters. The Bertz CT molecular complexity index is 788. The van der Waals surface area contributed by atoms with Crippen molar-refractivity contribution < 1.29 is 9.52 Å². The summed E-state index contributed by atoms with van der Waals surface area (Å²) in [5, 5.41) is 14.5. The van der Waals surface area contributed by atoms with Crippen molar-refractivity contribution in [2.45, 2.75) is 20.4 Å². The Morgan fingerprint density at radius 2 is 2.29 bits per heavy atom.